The topological polar surface area (TPSA) is 8.17 Å². The molecule has 0 atom stereocenters. The minimum atomic E-state index is -0.0164. The SMILES string of the molecule is CCCCCCC1(CCCCCC)c2ccccc2-c2ccc(N(c3ccc4c(-c5cccc6cc(C)ccc56)cccc4c3)c3ccc4c(c3)c3ccccc3n4-c3ccccc3)cc21. The Bertz CT molecular complexity index is 3360. The molecule has 9 aromatic carbocycles. The molecule has 0 spiro atoms. The summed E-state index contributed by atoms with van der Waals surface area (Å²) in [5.74, 6) is 0. The van der Waals surface area contributed by atoms with E-state index in [4.69, 9.17) is 0 Å². The zero-order valence-electron chi connectivity index (χ0n) is 38.9. The fourth-order valence-electron chi connectivity index (χ4n) is 11.6. The van der Waals surface area contributed by atoms with E-state index in [1.54, 1.807) is 0 Å². The van der Waals surface area contributed by atoms with Gasteiger partial charge in [0.1, 0.15) is 0 Å². The van der Waals surface area contributed by atoms with E-state index >= 15 is 0 Å². The molecule has 1 aliphatic carbocycles. The lowest BCUT2D eigenvalue weighted by atomic mass is 9.70. The molecule has 1 aliphatic rings. The quantitative estimate of drug-likeness (QED) is 0.0933. The third kappa shape index (κ3) is 7.28. The molecule has 10 aromatic rings. The highest BCUT2D eigenvalue weighted by molar-refractivity contribution is 6.11. The predicted molar refractivity (Wildman–Crippen MR) is 284 cm³/mol. The van der Waals surface area contributed by atoms with Gasteiger partial charge in [-0.15, -0.1) is 0 Å². The van der Waals surface area contributed by atoms with Crippen LogP contribution in [0.3, 0.4) is 0 Å². The van der Waals surface area contributed by atoms with E-state index in [2.05, 4.69) is 218 Å². The van der Waals surface area contributed by atoms with Crippen LogP contribution in [0.1, 0.15) is 94.7 Å². The van der Waals surface area contributed by atoms with Crippen LogP contribution in [-0.4, -0.2) is 4.57 Å². The van der Waals surface area contributed by atoms with Gasteiger partial charge < -0.3 is 9.47 Å². The van der Waals surface area contributed by atoms with Crippen LogP contribution in [0, 0.1) is 6.92 Å². The van der Waals surface area contributed by atoms with Gasteiger partial charge in [-0.05, 0) is 135 Å². The molecule has 66 heavy (non-hydrogen) atoms. The van der Waals surface area contributed by atoms with E-state index in [0.29, 0.717) is 0 Å². The molecular formula is C64H60N2. The first-order chi connectivity index (χ1) is 32.6. The van der Waals surface area contributed by atoms with Gasteiger partial charge in [0.25, 0.3) is 0 Å². The summed E-state index contributed by atoms with van der Waals surface area (Å²) >= 11 is 0. The third-order valence-electron chi connectivity index (χ3n) is 14.8. The molecule has 1 heterocycles. The van der Waals surface area contributed by atoms with Gasteiger partial charge in [-0.3, -0.25) is 0 Å². The minimum Gasteiger partial charge on any atom is -0.310 e. The van der Waals surface area contributed by atoms with Crippen molar-refractivity contribution >= 4 is 60.4 Å². The summed E-state index contributed by atoms with van der Waals surface area (Å²) in [7, 11) is 0. The summed E-state index contributed by atoms with van der Waals surface area (Å²) in [4.78, 5) is 2.54. The summed E-state index contributed by atoms with van der Waals surface area (Å²) < 4.78 is 2.42. The van der Waals surface area contributed by atoms with Crippen LogP contribution in [0.25, 0.3) is 71.3 Å². The van der Waals surface area contributed by atoms with Crippen LogP contribution in [0.4, 0.5) is 17.1 Å². The maximum Gasteiger partial charge on any atom is 0.0542 e. The molecule has 0 amide bonds. The monoisotopic (exact) mass is 856 g/mol. The van der Waals surface area contributed by atoms with Gasteiger partial charge in [0.2, 0.25) is 0 Å². The molecule has 0 unspecified atom stereocenters. The van der Waals surface area contributed by atoms with Gasteiger partial charge in [0.15, 0.2) is 0 Å². The van der Waals surface area contributed by atoms with E-state index in [1.165, 1.54) is 158 Å². The van der Waals surface area contributed by atoms with Crippen molar-refractivity contribution in [2.45, 2.75) is 90.4 Å². The Morgan fingerprint density at radius 2 is 0.970 bits per heavy atom. The maximum atomic E-state index is 2.60. The number of hydrogen-bond donors (Lipinski definition) is 0. The number of unbranched alkanes of at least 4 members (excludes halogenated alkanes) is 6. The molecule has 0 radical (unpaired) electrons. The second-order valence-electron chi connectivity index (χ2n) is 18.9. The summed E-state index contributed by atoms with van der Waals surface area (Å²) in [5, 5.41) is 7.57. The number of benzene rings is 9. The zero-order chi connectivity index (χ0) is 44.6. The van der Waals surface area contributed by atoms with Crippen molar-refractivity contribution in [3.8, 4) is 27.9 Å². The first kappa shape index (κ1) is 41.8. The molecule has 0 saturated carbocycles. The molecule has 0 fully saturated rings. The first-order valence-corrected chi connectivity index (χ1v) is 24.7. The van der Waals surface area contributed by atoms with Crippen molar-refractivity contribution in [3.05, 3.63) is 205 Å². The van der Waals surface area contributed by atoms with Crippen LogP contribution in [0.15, 0.2) is 188 Å². The first-order valence-electron chi connectivity index (χ1n) is 24.7. The fraction of sp³-hybridized carbons (Fsp3) is 0.219. The fourth-order valence-corrected chi connectivity index (χ4v) is 11.6. The summed E-state index contributed by atoms with van der Waals surface area (Å²) in [6.07, 6.45) is 12.5. The van der Waals surface area contributed by atoms with Gasteiger partial charge in [-0.1, -0.05) is 198 Å². The highest BCUT2D eigenvalue weighted by Crippen LogP contribution is 2.56. The summed E-state index contributed by atoms with van der Waals surface area (Å²) in [6.45, 7) is 6.84. The van der Waals surface area contributed by atoms with E-state index in [9.17, 15) is 0 Å². The van der Waals surface area contributed by atoms with Gasteiger partial charge in [0, 0.05) is 38.9 Å². The zero-order valence-corrected chi connectivity index (χ0v) is 38.9. The molecule has 0 bridgehead atoms. The second-order valence-corrected chi connectivity index (χ2v) is 18.9. The standard InChI is InChI=1S/C64H60N2/c1-4-6-8-17-39-64(40-18-9-7-5-2)60-29-15-13-25-56(60)57-37-33-51(44-61(57)64)65(50-34-38-63-59(43-50)58-26-14-16-30-62(58)66(63)48-23-11-10-12-24-48)49-32-36-53-47(42-49)22-20-28-55(53)54-27-19-21-46-41-45(3)31-35-52(46)54/h10-16,19-38,41-44H,4-9,17-18,39-40H2,1-3H3. The molecule has 0 aliphatic heterocycles. The number of aromatic nitrogens is 1. The molecule has 11 rings (SSSR count). The van der Waals surface area contributed by atoms with Crippen molar-refractivity contribution < 1.29 is 0 Å². The Labute approximate surface area is 391 Å². The van der Waals surface area contributed by atoms with Gasteiger partial charge >= 0.3 is 0 Å². The van der Waals surface area contributed by atoms with Crippen molar-refractivity contribution in [1.29, 1.82) is 0 Å². The molecule has 0 saturated heterocycles. The number of fused-ring (bicyclic) bond motifs is 8. The Balaban J connectivity index is 1.12. The average molecular weight is 857 g/mol. The highest BCUT2D eigenvalue weighted by atomic mass is 15.1. The van der Waals surface area contributed by atoms with Gasteiger partial charge in [-0.2, -0.15) is 0 Å². The number of anilines is 3. The minimum absolute atomic E-state index is 0.0164. The number of para-hydroxylation sites is 2. The summed E-state index contributed by atoms with van der Waals surface area (Å²) in [6, 6.07) is 71.2. The van der Waals surface area contributed by atoms with E-state index in [0.717, 1.165) is 11.4 Å². The Kier molecular flexibility index (Phi) is 11.3. The number of hydrogen-bond acceptors (Lipinski definition) is 1. The van der Waals surface area contributed by atoms with E-state index in [-0.39, 0.29) is 5.41 Å². The average Bonchev–Trinajstić information content (AvgIpc) is 3.83. The number of rotatable bonds is 15. The van der Waals surface area contributed by atoms with Crippen LogP contribution in [0.2, 0.25) is 0 Å². The van der Waals surface area contributed by atoms with Crippen LogP contribution < -0.4 is 4.90 Å². The predicted octanol–water partition coefficient (Wildman–Crippen LogP) is 18.7. The number of aryl methyl sites for hydroxylation is 1. The van der Waals surface area contributed by atoms with E-state index < -0.39 is 0 Å². The van der Waals surface area contributed by atoms with Crippen LogP contribution in [-0.2, 0) is 5.41 Å². The largest absolute Gasteiger partial charge is 0.310 e. The molecule has 326 valence electrons. The van der Waals surface area contributed by atoms with Crippen LogP contribution >= 0.6 is 0 Å². The lowest BCUT2D eigenvalue weighted by molar-refractivity contribution is 0.401. The second kappa shape index (κ2) is 17.8. The molecule has 1 aromatic heterocycles. The lowest BCUT2D eigenvalue weighted by Gasteiger charge is -2.34. The molecular weight excluding hydrogens is 797 g/mol. The molecule has 0 N–H and O–H groups in total. The number of nitrogens with zero attached hydrogens (tertiary/aromatic N) is 2. The van der Waals surface area contributed by atoms with Crippen molar-refractivity contribution in [3.63, 3.8) is 0 Å². The maximum absolute atomic E-state index is 2.60. The van der Waals surface area contributed by atoms with Crippen molar-refractivity contribution in [2.24, 2.45) is 0 Å². The Hall–Kier alpha value is -6.90. The van der Waals surface area contributed by atoms with Crippen molar-refractivity contribution in [1.82, 2.24) is 4.57 Å². The Morgan fingerprint density at radius 3 is 1.73 bits per heavy atom. The van der Waals surface area contributed by atoms with Gasteiger partial charge in [-0.25, -0.2) is 0 Å². The molecule has 2 heteroatoms. The summed E-state index contributed by atoms with van der Waals surface area (Å²) in [5.41, 5.74) is 16.8. The molecule has 2 nitrogen and oxygen atoms in total. The van der Waals surface area contributed by atoms with Gasteiger partial charge in [0.05, 0.1) is 11.0 Å². The highest BCUT2D eigenvalue weighted by Gasteiger charge is 2.42. The van der Waals surface area contributed by atoms with Crippen molar-refractivity contribution in [2.75, 3.05) is 4.90 Å². The smallest absolute Gasteiger partial charge is 0.0542 e. The normalized spacial score (nSPS) is 12.9. The van der Waals surface area contributed by atoms with E-state index in [1.807, 2.05) is 0 Å². The Morgan fingerprint density at radius 1 is 0.394 bits per heavy atom. The third-order valence-corrected chi connectivity index (χ3v) is 14.8. The lowest BCUT2D eigenvalue weighted by Crippen LogP contribution is -2.26. The van der Waals surface area contributed by atoms with Crippen LogP contribution in [0.5, 0.6) is 0 Å².